The Morgan fingerprint density at radius 3 is 2.13 bits per heavy atom. The Morgan fingerprint density at radius 1 is 1.09 bits per heavy atom. The summed E-state index contributed by atoms with van der Waals surface area (Å²) >= 11 is 0. The van der Waals surface area contributed by atoms with E-state index in [0.717, 1.165) is 0 Å². The van der Waals surface area contributed by atoms with Crippen molar-refractivity contribution in [3.8, 4) is 0 Å². The zero-order valence-electron chi connectivity index (χ0n) is 12.6. The van der Waals surface area contributed by atoms with Gasteiger partial charge >= 0.3 is 0 Å². The summed E-state index contributed by atoms with van der Waals surface area (Å²) in [6.45, 7) is 0. The minimum atomic E-state index is -3.19. The third-order valence-electron chi connectivity index (χ3n) is 3.08. The number of amides is 1. The fraction of sp³-hybridized carbons (Fsp3) is 0.133. The highest BCUT2D eigenvalue weighted by Gasteiger charge is 2.20. The summed E-state index contributed by atoms with van der Waals surface area (Å²) < 4.78 is 18.3. The minimum absolute atomic E-state index is 0.122. The van der Waals surface area contributed by atoms with Gasteiger partial charge in [-0.25, -0.2) is 8.51 Å². The highest BCUT2D eigenvalue weighted by atomic mass is 32.2. The molecule has 0 aromatic heterocycles. The van der Waals surface area contributed by atoms with E-state index in [1.807, 2.05) is 0 Å². The summed E-state index contributed by atoms with van der Waals surface area (Å²) in [6.07, 6.45) is 0. The second kappa shape index (κ2) is 6.67. The molecule has 0 unspecified atom stereocenters. The van der Waals surface area contributed by atoms with Crippen LogP contribution in [0.1, 0.15) is 10.4 Å². The molecule has 0 spiro atoms. The molecular formula is C15H15N3O4S. The quantitative estimate of drug-likeness (QED) is 0.635. The van der Waals surface area contributed by atoms with E-state index in [2.05, 4.69) is 4.36 Å². The molecule has 0 aliphatic heterocycles. The van der Waals surface area contributed by atoms with Crippen molar-refractivity contribution in [3.63, 3.8) is 0 Å². The first kappa shape index (κ1) is 16.8. The van der Waals surface area contributed by atoms with Gasteiger partial charge in [-0.1, -0.05) is 18.2 Å². The van der Waals surface area contributed by atoms with Crippen LogP contribution in [0.3, 0.4) is 0 Å². The van der Waals surface area contributed by atoms with E-state index in [-0.39, 0.29) is 10.6 Å². The molecule has 0 radical (unpaired) electrons. The van der Waals surface area contributed by atoms with Crippen molar-refractivity contribution in [1.29, 1.82) is 0 Å². The van der Waals surface area contributed by atoms with Gasteiger partial charge in [0.25, 0.3) is 11.6 Å². The number of nitro groups is 1. The van der Waals surface area contributed by atoms with Crippen molar-refractivity contribution >= 4 is 21.5 Å². The number of benzene rings is 2. The second-order valence-electron chi connectivity index (χ2n) is 4.82. The van der Waals surface area contributed by atoms with Crippen LogP contribution in [0.4, 0.5) is 5.69 Å². The normalized spacial score (nSPS) is 13.3. The van der Waals surface area contributed by atoms with E-state index in [1.165, 1.54) is 42.7 Å². The average molecular weight is 333 g/mol. The van der Waals surface area contributed by atoms with E-state index in [0.29, 0.717) is 5.56 Å². The van der Waals surface area contributed by atoms with Gasteiger partial charge in [0, 0.05) is 31.8 Å². The number of hydrogen-bond acceptors (Lipinski definition) is 4. The summed E-state index contributed by atoms with van der Waals surface area (Å²) in [5.74, 6) is -0.609. The molecule has 1 atom stereocenters. The fourth-order valence-electron chi connectivity index (χ4n) is 1.84. The Bertz CT molecular complexity index is 839. The van der Waals surface area contributed by atoms with E-state index in [9.17, 15) is 19.1 Å². The first-order chi connectivity index (χ1) is 10.8. The molecule has 0 aliphatic carbocycles. The first-order valence-electron chi connectivity index (χ1n) is 6.63. The zero-order valence-corrected chi connectivity index (χ0v) is 13.4. The molecular weight excluding hydrogens is 318 g/mol. The first-order valence-corrected chi connectivity index (χ1v) is 8.10. The lowest BCUT2D eigenvalue weighted by molar-refractivity contribution is -0.384. The van der Waals surface area contributed by atoms with Crippen LogP contribution in [0.25, 0.3) is 0 Å². The lowest BCUT2D eigenvalue weighted by atomic mass is 10.2. The molecule has 1 amide bonds. The Kier molecular flexibility index (Phi) is 4.87. The van der Waals surface area contributed by atoms with Gasteiger partial charge in [-0.2, -0.15) is 0 Å². The SMILES string of the molecule is CN(C)[S@](=O)(=NC(=O)c1ccccc1)c1ccc([N+](=O)[O-])cc1. The number of carbonyl (C=O) groups excluding carboxylic acids is 1. The topological polar surface area (TPSA) is 92.9 Å². The smallest absolute Gasteiger partial charge is 0.266 e. The van der Waals surface area contributed by atoms with E-state index < -0.39 is 20.7 Å². The largest absolute Gasteiger partial charge is 0.286 e. The summed E-state index contributed by atoms with van der Waals surface area (Å²) in [4.78, 5) is 22.6. The van der Waals surface area contributed by atoms with E-state index in [1.54, 1.807) is 30.3 Å². The molecule has 7 nitrogen and oxygen atoms in total. The summed E-state index contributed by atoms with van der Waals surface area (Å²) in [5.41, 5.74) is 0.202. The number of nitrogens with zero attached hydrogens (tertiary/aromatic N) is 3. The Balaban J connectivity index is 2.51. The van der Waals surface area contributed by atoms with Crippen molar-refractivity contribution in [2.24, 2.45) is 4.36 Å². The van der Waals surface area contributed by atoms with Gasteiger partial charge in [0.05, 0.1) is 9.82 Å². The minimum Gasteiger partial charge on any atom is -0.266 e. The third kappa shape index (κ3) is 3.61. The van der Waals surface area contributed by atoms with Crippen LogP contribution in [0.5, 0.6) is 0 Å². The van der Waals surface area contributed by atoms with Crippen molar-refractivity contribution in [2.75, 3.05) is 14.1 Å². The molecule has 120 valence electrons. The fourth-order valence-corrected chi connectivity index (χ4v) is 3.35. The van der Waals surface area contributed by atoms with Crippen LogP contribution in [0.2, 0.25) is 0 Å². The highest BCUT2D eigenvalue weighted by Crippen LogP contribution is 2.21. The maximum Gasteiger partial charge on any atom is 0.286 e. The third-order valence-corrected chi connectivity index (χ3v) is 5.37. The molecule has 0 saturated carbocycles. The van der Waals surface area contributed by atoms with Crippen molar-refractivity contribution in [2.45, 2.75) is 4.90 Å². The monoisotopic (exact) mass is 333 g/mol. The van der Waals surface area contributed by atoms with Crippen LogP contribution in [-0.4, -0.2) is 33.4 Å². The maximum absolute atomic E-state index is 13.1. The standard InChI is InChI=1S/C15H15N3O4S/c1-17(2)23(22,14-10-8-13(9-11-14)18(20)21)16-15(19)12-6-4-3-5-7-12/h3-11H,1-2H3/t23-/m1/s1. The second-order valence-corrected chi connectivity index (χ2v) is 7.20. The molecule has 23 heavy (non-hydrogen) atoms. The highest BCUT2D eigenvalue weighted by molar-refractivity contribution is 7.91. The summed E-state index contributed by atoms with van der Waals surface area (Å²) in [5, 5.41) is 10.7. The number of rotatable bonds is 4. The average Bonchev–Trinajstić information content (AvgIpc) is 2.55. The Labute approximate surface area is 134 Å². The molecule has 0 bridgehead atoms. The maximum atomic E-state index is 13.1. The molecule has 2 rings (SSSR count). The number of non-ortho nitro benzene ring substituents is 1. The molecule has 8 heteroatoms. The van der Waals surface area contributed by atoms with Crippen LogP contribution < -0.4 is 0 Å². The van der Waals surface area contributed by atoms with Gasteiger partial charge < -0.3 is 0 Å². The van der Waals surface area contributed by atoms with Crippen molar-refractivity contribution < 1.29 is 13.9 Å². The molecule has 2 aromatic carbocycles. The van der Waals surface area contributed by atoms with Crippen LogP contribution >= 0.6 is 0 Å². The van der Waals surface area contributed by atoms with Crippen molar-refractivity contribution in [1.82, 2.24) is 4.31 Å². The summed E-state index contributed by atoms with van der Waals surface area (Å²) in [6, 6.07) is 13.5. The molecule has 0 saturated heterocycles. The number of carbonyl (C=O) groups is 1. The molecule has 0 fully saturated rings. The number of hydrogen-bond donors (Lipinski definition) is 0. The van der Waals surface area contributed by atoms with Gasteiger partial charge in [0.2, 0.25) is 0 Å². The predicted molar refractivity (Wildman–Crippen MR) is 86.4 cm³/mol. The van der Waals surface area contributed by atoms with Gasteiger partial charge in [0.15, 0.2) is 0 Å². The molecule has 0 N–H and O–H groups in total. The van der Waals surface area contributed by atoms with Crippen LogP contribution in [0.15, 0.2) is 63.9 Å². The Hall–Kier alpha value is -2.58. The molecule has 2 aromatic rings. The van der Waals surface area contributed by atoms with Gasteiger partial charge in [0.1, 0.15) is 9.92 Å². The molecule has 0 aliphatic rings. The lowest BCUT2D eigenvalue weighted by Gasteiger charge is -2.16. The van der Waals surface area contributed by atoms with E-state index >= 15 is 0 Å². The van der Waals surface area contributed by atoms with Gasteiger partial charge in [-0.05, 0) is 24.3 Å². The van der Waals surface area contributed by atoms with Crippen molar-refractivity contribution in [3.05, 3.63) is 70.3 Å². The number of nitro benzene ring substituents is 1. The van der Waals surface area contributed by atoms with Crippen LogP contribution in [0, 0.1) is 10.1 Å². The predicted octanol–water partition coefficient (Wildman–Crippen LogP) is 2.74. The summed E-state index contributed by atoms with van der Waals surface area (Å²) in [7, 11) is -0.121. The van der Waals surface area contributed by atoms with Gasteiger partial charge in [-0.15, -0.1) is 4.36 Å². The van der Waals surface area contributed by atoms with E-state index in [4.69, 9.17) is 0 Å². The Morgan fingerprint density at radius 2 is 1.65 bits per heavy atom. The van der Waals surface area contributed by atoms with Gasteiger partial charge in [-0.3, -0.25) is 14.9 Å². The molecule has 0 heterocycles. The lowest BCUT2D eigenvalue weighted by Crippen LogP contribution is -2.23. The zero-order chi connectivity index (χ0) is 17.0. The van der Waals surface area contributed by atoms with Crippen LogP contribution in [-0.2, 0) is 9.92 Å².